The first kappa shape index (κ1) is 156. The molecular weight excluding hydrogens is 814 g/mol. The molecule has 0 aliphatic carbocycles. The second-order valence-electron chi connectivity index (χ2n) is 0. The molecule has 0 N–H and O–H groups in total. The molecule has 0 unspecified atom stereocenters. The molecule has 4 radical (unpaired) electrons. The molecule has 13 heteroatoms. The van der Waals surface area contributed by atoms with E-state index < -0.39 is 0 Å². The Balaban J connectivity index is 0. The summed E-state index contributed by atoms with van der Waals surface area (Å²) in [5.74, 6) is 0. The Morgan fingerprint density at radius 1 is 0.308 bits per heavy atom. The average molecular weight is 814 g/mol. The molecule has 0 aromatic carbocycles. The fraction of sp³-hybridized carbons (Fsp3) is 0. The fourth-order valence-corrected chi connectivity index (χ4v) is 0. The van der Waals surface area contributed by atoms with Crippen molar-refractivity contribution < 1.29 is 153 Å². The maximum atomic E-state index is 0. The Morgan fingerprint density at radius 3 is 0.308 bits per heavy atom. The first-order valence-electron chi connectivity index (χ1n) is 0. The van der Waals surface area contributed by atoms with Crippen LogP contribution in [0.5, 0.6) is 0 Å². The minimum atomic E-state index is 0. The minimum Gasteiger partial charge on any atom is -2.00 e. The van der Waals surface area contributed by atoms with Crippen LogP contribution in [0, 0.1) is 80.8 Å². The van der Waals surface area contributed by atoms with E-state index in [2.05, 4.69) is 0 Å². The van der Waals surface area contributed by atoms with E-state index in [1.165, 1.54) is 0 Å². The van der Waals surface area contributed by atoms with E-state index in [-0.39, 0.29) is 251 Å². The smallest absolute Gasteiger partial charge is 2.00 e. The summed E-state index contributed by atoms with van der Waals surface area (Å²) in [5.41, 5.74) is 0. The number of rotatable bonds is 0. The Morgan fingerprint density at radius 2 is 0.308 bits per heavy atom. The van der Waals surface area contributed by atoms with Gasteiger partial charge in [-0.2, -0.15) is 0 Å². The van der Waals surface area contributed by atoms with Crippen LogP contribution in [-0.4, -0.2) is 97.8 Å². The molecule has 0 heterocycles. The zero-order valence-electron chi connectivity index (χ0n) is 5.69. The van der Waals surface area contributed by atoms with Crippen LogP contribution in [0.3, 0.4) is 0 Å². The topological polar surface area (TPSA) is 200 Å². The van der Waals surface area contributed by atoms with Crippen molar-refractivity contribution >= 4 is 97.8 Å². The number of hydrogen-bond donors (Lipinski definition) is 0. The summed E-state index contributed by atoms with van der Waals surface area (Å²) in [6.45, 7) is 0. The van der Waals surface area contributed by atoms with E-state index in [1.807, 2.05) is 0 Å². The van der Waals surface area contributed by atoms with Gasteiger partial charge in [-0.3, -0.25) is 0 Å². The second-order valence-corrected chi connectivity index (χ2v) is 0. The van der Waals surface area contributed by atoms with Crippen LogP contribution in [0.25, 0.3) is 0 Å². The van der Waals surface area contributed by atoms with Crippen molar-refractivity contribution in [2.45, 2.75) is 0 Å². The first-order chi connectivity index (χ1) is 0. The molecule has 0 aromatic rings. The van der Waals surface area contributed by atoms with Crippen molar-refractivity contribution in [1.29, 1.82) is 0 Å². The maximum absolute atomic E-state index is 0. The van der Waals surface area contributed by atoms with E-state index in [0.29, 0.717) is 0 Å². The quantitative estimate of drug-likeness (QED) is 0.254. The van der Waals surface area contributed by atoms with Gasteiger partial charge in [0.1, 0.15) is 0 Å². The molecule has 7 nitrogen and oxygen atoms in total. The third-order valence-corrected chi connectivity index (χ3v) is 0. The summed E-state index contributed by atoms with van der Waals surface area (Å²) in [7, 11) is 0. The minimum absolute atomic E-state index is 0. The van der Waals surface area contributed by atoms with Crippen molar-refractivity contribution in [3.8, 4) is 0 Å². The van der Waals surface area contributed by atoms with Gasteiger partial charge in [0, 0.05) is 0 Å². The molecule has 0 aromatic heterocycles. The van der Waals surface area contributed by atoms with Gasteiger partial charge in [-0.05, 0) is 0 Å². The Bertz CT molecular complexity index is 22.5. The van der Waals surface area contributed by atoms with Crippen molar-refractivity contribution in [2.24, 2.45) is 0 Å². The zero-order valence-corrected chi connectivity index (χ0v) is 21.7. The monoisotopic (exact) mass is 817 g/mol. The largest absolute Gasteiger partial charge is 3.00 e. The van der Waals surface area contributed by atoms with Crippen molar-refractivity contribution in [1.82, 2.24) is 0 Å². The summed E-state index contributed by atoms with van der Waals surface area (Å²) in [5, 5.41) is 0. The van der Waals surface area contributed by atoms with Crippen LogP contribution < -0.4 is 0 Å². The predicted molar refractivity (Wildman–Crippen MR) is 16.3 cm³/mol. The summed E-state index contributed by atoms with van der Waals surface area (Å²) in [4.78, 5) is 0. The molecule has 0 bridgehead atoms. The van der Waals surface area contributed by atoms with Gasteiger partial charge < -0.3 is 38.3 Å². The Kier molecular flexibility index (Phi) is 1590. The summed E-state index contributed by atoms with van der Waals surface area (Å²) >= 11 is 0. The molecule has 0 aliphatic heterocycles. The van der Waals surface area contributed by atoms with Crippen LogP contribution in [0.1, 0.15) is 0 Å². The summed E-state index contributed by atoms with van der Waals surface area (Å²) in [6.07, 6.45) is 0. The van der Waals surface area contributed by atoms with Crippen molar-refractivity contribution in [2.75, 3.05) is 0 Å². The van der Waals surface area contributed by atoms with Crippen molar-refractivity contribution in [3.63, 3.8) is 0 Å². The van der Waals surface area contributed by atoms with E-state index in [0.717, 1.165) is 0 Å². The molecule has 0 saturated heterocycles. The Hall–Kier alpha value is 6.58. The molecule has 0 rings (SSSR count). The number of hydrogen-bond acceptors (Lipinski definition) is 0. The molecule has 0 amide bonds. The molecule has 0 fully saturated rings. The Labute approximate surface area is 243 Å². The van der Waals surface area contributed by atoms with Gasteiger partial charge in [0.05, 0.1) is 0 Å². The van der Waals surface area contributed by atoms with Gasteiger partial charge in [-0.1, -0.05) is 0 Å². The van der Waals surface area contributed by atoms with Crippen LogP contribution >= 0.6 is 0 Å². The van der Waals surface area contributed by atoms with Gasteiger partial charge in [0.2, 0.25) is 0 Å². The van der Waals surface area contributed by atoms with Gasteiger partial charge in [0.25, 0.3) is 0 Å². The van der Waals surface area contributed by atoms with Crippen LogP contribution in [0.15, 0.2) is 0 Å². The molecule has 0 spiro atoms. The maximum Gasteiger partial charge on any atom is 3.00 e. The predicted octanol–water partition coefficient (Wildman–Crippen LogP) is -1.60. The standard InChI is InChI=1S/2Ba.2Cu.7O.2Sm/q4*+2;7*-2;2*+3. The van der Waals surface area contributed by atoms with E-state index in [9.17, 15) is 0 Å². The SMILES string of the molecule is [Ba+2].[Ba+2].[Cu+2].[Cu+2].[O-2].[O-2].[O-2].[O-2].[O-2].[O-2].[O-2].[Sm+3].[Sm+3]. The van der Waals surface area contributed by atoms with E-state index >= 15 is 0 Å². The summed E-state index contributed by atoms with van der Waals surface area (Å²) in [6, 6.07) is 0. The van der Waals surface area contributed by atoms with Crippen LogP contribution in [0.4, 0.5) is 0 Å². The first-order valence-corrected chi connectivity index (χ1v) is 0. The molecule has 80 valence electrons. The fourth-order valence-electron chi connectivity index (χ4n) is 0. The molecule has 0 atom stereocenters. The van der Waals surface area contributed by atoms with Gasteiger partial charge in [-0.25, -0.2) is 0 Å². The van der Waals surface area contributed by atoms with Crippen LogP contribution in [0.2, 0.25) is 0 Å². The molecule has 0 saturated carbocycles. The zero-order chi connectivity index (χ0) is 0. The van der Waals surface area contributed by atoms with Crippen molar-refractivity contribution in [3.05, 3.63) is 0 Å². The second kappa shape index (κ2) is 133. The summed E-state index contributed by atoms with van der Waals surface area (Å²) < 4.78 is 0. The molecule has 13 heavy (non-hydrogen) atoms. The third kappa shape index (κ3) is 118. The molecular formula is Ba2Cu2O7Sm2. The third-order valence-electron chi connectivity index (χ3n) is 0. The van der Waals surface area contributed by atoms with Gasteiger partial charge >= 0.3 is 213 Å². The molecule has 0 aliphatic rings. The van der Waals surface area contributed by atoms with Gasteiger partial charge in [0.15, 0.2) is 0 Å². The van der Waals surface area contributed by atoms with Crippen LogP contribution in [-0.2, 0) is 72.5 Å². The van der Waals surface area contributed by atoms with Gasteiger partial charge in [-0.15, -0.1) is 0 Å². The normalized spacial score (nSPS) is 0. The average Bonchev–Trinajstić information content (AvgIpc) is 0. The van der Waals surface area contributed by atoms with E-state index in [1.54, 1.807) is 0 Å². The van der Waals surface area contributed by atoms with E-state index in [4.69, 9.17) is 0 Å².